The second-order valence-corrected chi connectivity index (χ2v) is 4.15. The van der Waals surface area contributed by atoms with Crippen LogP contribution in [0, 0.1) is 11.6 Å². The van der Waals surface area contributed by atoms with E-state index in [9.17, 15) is 8.78 Å². The van der Waals surface area contributed by atoms with Crippen molar-refractivity contribution in [1.29, 1.82) is 0 Å². The zero-order valence-corrected chi connectivity index (χ0v) is 9.94. The maximum absolute atomic E-state index is 13.3. The van der Waals surface area contributed by atoms with Crippen molar-refractivity contribution in [2.45, 2.75) is 0 Å². The number of benzene rings is 2. The van der Waals surface area contributed by atoms with Crippen LogP contribution in [0.25, 0.3) is 22.5 Å². The van der Waals surface area contributed by atoms with Gasteiger partial charge in [-0.15, -0.1) is 0 Å². The molecule has 0 aliphatic heterocycles. The first-order chi connectivity index (χ1) is 9.25. The van der Waals surface area contributed by atoms with Gasteiger partial charge in [0.05, 0.1) is 6.26 Å². The Hall–Kier alpha value is -2.42. The number of furan rings is 1. The fraction of sp³-hybridized carbons (Fsp3) is 0. The molecular weight excluding hydrogens is 246 g/mol. The summed E-state index contributed by atoms with van der Waals surface area (Å²) in [5.74, 6) is -1.01. The molecule has 0 N–H and O–H groups in total. The summed E-state index contributed by atoms with van der Waals surface area (Å²) in [5.41, 5.74) is 2.26. The Labute approximate surface area is 109 Å². The fourth-order valence-corrected chi connectivity index (χ4v) is 2.05. The summed E-state index contributed by atoms with van der Waals surface area (Å²) in [7, 11) is 0. The molecule has 19 heavy (non-hydrogen) atoms. The third kappa shape index (κ3) is 2.15. The van der Waals surface area contributed by atoms with Gasteiger partial charge < -0.3 is 4.42 Å². The van der Waals surface area contributed by atoms with Crippen LogP contribution >= 0.6 is 0 Å². The molecule has 0 amide bonds. The largest absolute Gasteiger partial charge is 0.464 e. The van der Waals surface area contributed by atoms with Crippen LogP contribution < -0.4 is 0 Å². The lowest BCUT2D eigenvalue weighted by molar-refractivity contribution is 0.509. The highest BCUT2D eigenvalue weighted by atomic mass is 19.2. The van der Waals surface area contributed by atoms with Crippen molar-refractivity contribution in [2.24, 2.45) is 0 Å². The summed E-state index contributed by atoms with van der Waals surface area (Å²) in [6.45, 7) is 0. The molecule has 0 aliphatic carbocycles. The molecule has 2 aromatic carbocycles. The summed E-state index contributed by atoms with van der Waals surface area (Å²) >= 11 is 0. The SMILES string of the molecule is Fc1ccc(-c2ccccc2-c2ccco2)cc1F. The molecule has 3 aromatic rings. The van der Waals surface area contributed by atoms with Crippen molar-refractivity contribution < 1.29 is 13.2 Å². The maximum atomic E-state index is 13.3. The van der Waals surface area contributed by atoms with E-state index in [1.807, 2.05) is 30.3 Å². The molecule has 0 saturated heterocycles. The Bertz CT molecular complexity index is 703. The first-order valence-electron chi connectivity index (χ1n) is 5.84. The Morgan fingerprint density at radius 2 is 1.53 bits per heavy atom. The predicted octanol–water partition coefficient (Wildman–Crippen LogP) is 4.89. The molecule has 1 aromatic heterocycles. The van der Waals surface area contributed by atoms with Crippen molar-refractivity contribution >= 4 is 0 Å². The summed E-state index contributed by atoms with van der Waals surface area (Å²) in [5, 5.41) is 0. The van der Waals surface area contributed by atoms with E-state index in [2.05, 4.69) is 0 Å². The Kier molecular flexibility index (Phi) is 2.88. The molecule has 3 heteroatoms. The van der Waals surface area contributed by atoms with Crippen molar-refractivity contribution in [2.75, 3.05) is 0 Å². The molecule has 0 fully saturated rings. The second-order valence-electron chi connectivity index (χ2n) is 4.15. The Morgan fingerprint density at radius 1 is 0.737 bits per heavy atom. The normalized spacial score (nSPS) is 10.6. The van der Waals surface area contributed by atoms with Gasteiger partial charge in [-0.25, -0.2) is 8.78 Å². The van der Waals surface area contributed by atoms with E-state index in [1.54, 1.807) is 18.4 Å². The molecule has 1 nitrogen and oxygen atoms in total. The van der Waals surface area contributed by atoms with Gasteiger partial charge in [0, 0.05) is 5.56 Å². The lowest BCUT2D eigenvalue weighted by Gasteiger charge is -2.08. The van der Waals surface area contributed by atoms with Crippen molar-refractivity contribution in [3.05, 3.63) is 72.5 Å². The quantitative estimate of drug-likeness (QED) is 0.636. The van der Waals surface area contributed by atoms with E-state index in [4.69, 9.17) is 4.42 Å². The molecule has 94 valence electrons. The minimum absolute atomic E-state index is 0.617. The van der Waals surface area contributed by atoms with Gasteiger partial charge >= 0.3 is 0 Å². The van der Waals surface area contributed by atoms with E-state index in [0.29, 0.717) is 11.3 Å². The third-order valence-electron chi connectivity index (χ3n) is 2.94. The van der Waals surface area contributed by atoms with Crippen LogP contribution in [-0.2, 0) is 0 Å². The lowest BCUT2D eigenvalue weighted by atomic mass is 9.98. The van der Waals surface area contributed by atoms with E-state index >= 15 is 0 Å². The summed E-state index contributed by atoms with van der Waals surface area (Å²) < 4.78 is 31.7. The minimum Gasteiger partial charge on any atom is -0.464 e. The summed E-state index contributed by atoms with van der Waals surface area (Å²) in [6, 6.07) is 15.0. The van der Waals surface area contributed by atoms with Gasteiger partial charge in [-0.3, -0.25) is 0 Å². The van der Waals surface area contributed by atoms with Crippen molar-refractivity contribution in [1.82, 2.24) is 0 Å². The lowest BCUT2D eigenvalue weighted by Crippen LogP contribution is -1.87. The van der Waals surface area contributed by atoms with Crippen molar-refractivity contribution in [3.8, 4) is 22.5 Å². The highest BCUT2D eigenvalue weighted by Crippen LogP contribution is 2.32. The predicted molar refractivity (Wildman–Crippen MR) is 69.5 cm³/mol. The topological polar surface area (TPSA) is 13.1 Å². The number of rotatable bonds is 2. The van der Waals surface area contributed by atoms with Crippen LogP contribution in [0.1, 0.15) is 0 Å². The average Bonchev–Trinajstić information content (AvgIpc) is 2.96. The van der Waals surface area contributed by atoms with E-state index in [-0.39, 0.29) is 0 Å². The molecule has 3 rings (SSSR count). The van der Waals surface area contributed by atoms with Gasteiger partial charge in [0.1, 0.15) is 5.76 Å². The number of halogens is 2. The van der Waals surface area contributed by atoms with Crippen LogP contribution in [0.3, 0.4) is 0 Å². The molecule has 1 heterocycles. The zero-order valence-electron chi connectivity index (χ0n) is 9.94. The third-order valence-corrected chi connectivity index (χ3v) is 2.94. The summed E-state index contributed by atoms with van der Waals surface area (Å²) in [4.78, 5) is 0. The minimum atomic E-state index is -0.855. The highest BCUT2D eigenvalue weighted by molar-refractivity contribution is 5.81. The monoisotopic (exact) mass is 256 g/mol. The van der Waals surface area contributed by atoms with Crippen LogP contribution in [0.5, 0.6) is 0 Å². The Balaban J connectivity index is 2.17. The van der Waals surface area contributed by atoms with E-state index in [1.165, 1.54) is 6.07 Å². The van der Waals surface area contributed by atoms with Gasteiger partial charge in [-0.1, -0.05) is 30.3 Å². The summed E-state index contributed by atoms with van der Waals surface area (Å²) in [6.07, 6.45) is 1.58. The first-order valence-corrected chi connectivity index (χ1v) is 5.84. The average molecular weight is 256 g/mol. The molecular formula is C16H10F2O. The molecule has 0 atom stereocenters. The second kappa shape index (κ2) is 4.69. The molecule has 0 aliphatic rings. The van der Waals surface area contributed by atoms with Crippen LogP contribution in [-0.4, -0.2) is 0 Å². The zero-order chi connectivity index (χ0) is 13.2. The molecule has 0 saturated carbocycles. The van der Waals surface area contributed by atoms with Crippen LogP contribution in [0.15, 0.2) is 65.3 Å². The maximum Gasteiger partial charge on any atom is 0.159 e. The van der Waals surface area contributed by atoms with Gasteiger partial charge in [0.25, 0.3) is 0 Å². The molecule has 0 unspecified atom stereocenters. The van der Waals surface area contributed by atoms with E-state index < -0.39 is 11.6 Å². The van der Waals surface area contributed by atoms with Gasteiger partial charge in [0.15, 0.2) is 11.6 Å². The highest BCUT2D eigenvalue weighted by Gasteiger charge is 2.11. The Morgan fingerprint density at radius 3 is 2.21 bits per heavy atom. The van der Waals surface area contributed by atoms with E-state index in [0.717, 1.165) is 17.2 Å². The van der Waals surface area contributed by atoms with Gasteiger partial charge in [-0.2, -0.15) is 0 Å². The standard InChI is InChI=1S/C16H10F2O/c17-14-8-7-11(10-15(14)18)12-4-1-2-5-13(12)16-6-3-9-19-16/h1-10H. The number of hydrogen-bond acceptors (Lipinski definition) is 1. The molecule has 0 spiro atoms. The van der Waals surface area contributed by atoms with Crippen molar-refractivity contribution in [3.63, 3.8) is 0 Å². The fourth-order valence-electron chi connectivity index (χ4n) is 2.05. The smallest absolute Gasteiger partial charge is 0.159 e. The number of hydrogen-bond donors (Lipinski definition) is 0. The van der Waals surface area contributed by atoms with Crippen LogP contribution in [0.2, 0.25) is 0 Å². The molecule has 0 radical (unpaired) electrons. The van der Waals surface area contributed by atoms with Crippen LogP contribution in [0.4, 0.5) is 8.78 Å². The van der Waals surface area contributed by atoms with Gasteiger partial charge in [0.2, 0.25) is 0 Å². The first kappa shape index (κ1) is 11.7. The van der Waals surface area contributed by atoms with Gasteiger partial charge in [-0.05, 0) is 35.4 Å². The molecule has 0 bridgehead atoms.